The van der Waals surface area contributed by atoms with E-state index in [2.05, 4.69) is 15.4 Å². The first-order valence-corrected chi connectivity index (χ1v) is 10.2. The highest BCUT2D eigenvalue weighted by Crippen LogP contribution is 2.35. The van der Waals surface area contributed by atoms with E-state index in [1.807, 2.05) is 6.07 Å². The quantitative estimate of drug-likeness (QED) is 0.428. The van der Waals surface area contributed by atoms with Crippen LogP contribution in [-0.4, -0.2) is 70.7 Å². The van der Waals surface area contributed by atoms with Crippen molar-refractivity contribution in [2.45, 2.75) is 45.3 Å². The van der Waals surface area contributed by atoms with Gasteiger partial charge in [0.05, 0.1) is 7.11 Å². The smallest absolute Gasteiger partial charge is 0.376 e. The second kappa shape index (κ2) is 10.7. The minimum Gasteiger partial charge on any atom is -0.463 e. The summed E-state index contributed by atoms with van der Waals surface area (Å²) in [5.74, 6) is -3.06. The van der Waals surface area contributed by atoms with Gasteiger partial charge in [0.15, 0.2) is 18.4 Å². The second-order valence-corrected chi connectivity index (χ2v) is 7.20. The SMILES string of the molecule is COC(=O)c1nc(Nc2ccccc2)nn1[C@@H]1O[C@H](COC(C)=O)[C@@H](OC(C)=O)[C@H]1OC(C)=O. The van der Waals surface area contributed by atoms with E-state index in [1.54, 1.807) is 24.3 Å². The number of ether oxygens (including phenoxy) is 5. The molecule has 2 heterocycles. The molecule has 34 heavy (non-hydrogen) atoms. The van der Waals surface area contributed by atoms with Crippen LogP contribution in [0.1, 0.15) is 37.6 Å². The van der Waals surface area contributed by atoms with E-state index in [1.165, 1.54) is 6.92 Å². The lowest BCUT2D eigenvalue weighted by molar-refractivity contribution is -0.166. The van der Waals surface area contributed by atoms with E-state index in [0.717, 1.165) is 25.6 Å². The minimum atomic E-state index is -1.26. The molecule has 1 aliphatic rings. The number of rotatable bonds is 8. The van der Waals surface area contributed by atoms with Crippen LogP contribution in [0, 0.1) is 0 Å². The van der Waals surface area contributed by atoms with Gasteiger partial charge in [-0.1, -0.05) is 18.2 Å². The first-order valence-electron chi connectivity index (χ1n) is 10.2. The summed E-state index contributed by atoms with van der Waals surface area (Å²) in [6.45, 7) is 3.22. The maximum absolute atomic E-state index is 12.5. The van der Waals surface area contributed by atoms with E-state index < -0.39 is 48.4 Å². The third-order valence-electron chi connectivity index (χ3n) is 4.61. The summed E-state index contributed by atoms with van der Waals surface area (Å²) in [4.78, 5) is 51.5. The highest BCUT2D eigenvalue weighted by Gasteiger charge is 2.52. The van der Waals surface area contributed by atoms with Gasteiger partial charge >= 0.3 is 23.9 Å². The average molecular weight is 476 g/mol. The van der Waals surface area contributed by atoms with Crippen molar-refractivity contribution >= 4 is 35.5 Å². The molecule has 0 aliphatic carbocycles. The summed E-state index contributed by atoms with van der Waals surface area (Å²) in [6, 6.07) is 8.93. The Morgan fingerprint density at radius 2 is 1.65 bits per heavy atom. The van der Waals surface area contributed by atoms with Crippen LogP contribution in [0.2, 0.25) is 0 Å². The number of nitrogens with zero attached hydrogens (tertiary/aromatic N) is 3. The van der Waals surface area contributed by atoms with Gasteiger partial charge in [-0.15, -0.1) is 5.10 Å². The van der Waals surface area contributed by atoms with Crippen LogP contribution >= 0.6 is 0 Å². The fraction of sp³-hybridized carbons (Fsp3) is 0.429. The molecule has 1 fully saturated rings. The zero-order chi connectivity index (χ0) is 24.8. The topological polar surface area (TPSA) is 157 Å². The summed E-state index contributed by atoms with van der Waals surface area (Å²) >= 11 is 0. The number of carbonyl (C=O) groups excluding carboxylic acids is 4. The molecule has 1 aliphatic heterocycles. The lowest BCUT2D eigenvalue weighted by Gasteiger charge is -2.23. The molecule has 3 rings (SSSR count). The number of hydrogen-bond donors (Lipinski definition) is 1. The molecule has 1 aromatic heterocycles. The average Bonchev–Trinajstić information content (AvgIpc) is 3.33. The first kappa shape index (κ1) is 24.6. The molecule has 0 amide bonds. The number of hydrogen-bond acceptors (Lipinski definition) is 12. The van der Waals surface area contributed by atoms with Gasteiger partial charge in [-0.3, -0.25) is 14.4 Å². The van der Waals surface area contributed by atoms with Crippen molar-refractivity contribution in [2.75, 3.05) is 19.0 Å². The third kappa shape index (κ3) is 5.86. The number of carbonyl (C=O) groups is 4. The van der Waals surface area contributed by atoms with Gasteiger partial charge in [0.25, 0.3) is 0 Å². The number of para-hydroxylation sites is 1. The summed E-state index contributed by atoms with van der Waals surface area (Å²) < 4.78 is 27.5. The zero-order valence-corrected chi connectivity index (χ0v) is 18.9. The summed E-state index contributed by atoms with van der Waals surface area (Å²) in [5.41, 5.74) is 0.644. The molecule has 13 nitrogen and oxygen atoms in total. The Labute approximate surface area is 194 Å². The van der Waals surface area contributed by atoms with Crippen LogP contribution < -0.4 is 5.32 Å². The Kier molecular flexibility index (Phi) is 7.79. The summed E-state index contributed by atoms with van der Waals surface area (Å²) in [7, 11) is 1.16. The Morgan fingerprint density at radius 3 is 2.24 bits per heavy atom. The fourth-order valence-corrected chi connectivity index (χ4v) is 3.32. The molecule has 0 unspecified atom stereocenters. The van der Waals surface area contributed by atoms with Gasteiger partial charge in [-0.2, -0.15) is 4.98 Å². The van der Waals surface area contributed by atoms with Crippen molar-refractivity contribution in [2.24, 2.45) is 0 Å². The molecule has 13 heteroatoms. The van der Waals surface area contributed by atoms with Crippen molar-refractivity contribution in [1.29, 1.82) is 0 Å². The Hall–Kier alpha value is -4.00. The lowest BCUT2D eigenvalue weighted by atomic mass is 10.1. The number of aromatic nitrogens is 3. The Morgan fingerprint density at radius 1 is 1.00 bits per heavy atom. The molecule has 0 saturated carbocycles. The van der Waals surface area contributed by atoms with E-state index in [-0.39, 0.29) is 18.4 Å². The van der Waals surface area contributed by atoms with Gasteiger partial charge in [0, 0.05) is 26.5 Å². The van der Waals surface area contributed by atoms with Crippen molar-refractivity contribution < 1.29 is 42.9 Å². The van der Waals surface area contributed by atoms with Crippen molar-refractivity contribution in [3.05, 3.63) is 36.2 Å². The van der Waals surface area contributed by atoms with Gasteiger partial charge < -0.3 is 29.0 Å². The van der Waals surface area contributed by atoms with Crippen LogP contribution in [0.15, 0.2) is 30.3 Å². The predicted molar refractivity (Wildman–Crippen MR) is 113 cm³/mol. The van der Waals surface area contributed by atoms with Gasteiger partial charge in [-0.05, 0) is 12.1 Å². The van der Waals surface area contributed by atoms with Gasteiger partial charge in [-0.25, -0.2) is 9.48 Å². The molecule has 1 saturated heterocycles. The minimum absolute atomic E-state index is 0.0317. The van der Waals surface area contributed by atoms with Crippen LogP contribution in [0.4, 0.5) is 11.6 Å². The summed E-state index contributed by atoms with van der Waals surface area (Å²) in [5, 5.41) is 7.24. The normalized spacial score (nSPS) is 21.4. The van der Waals surface area contributed by atoms with Crippen LogP contribution in [0.3, 0.4) is 0 Å². The Balaban J connectivity index is 2.02. The molecule has 0 radical (unpaired) electrons. The number of nitrogens with one attached hydrogen (secondary N) is 1. The maximum atomic E-state index is 12.5. The Bertz CT molecular complexity index is 1060. The molecule has 4 atom stereocenters. The van der Waals surface area contributed by atoms with E-state index >= 15 is 0 Å². The number of benzene rings is 1. The van der Waals surface area contributed by atoms with Crippen LogP contribution in [0.25, 0.3) is 0 Å². The van der Waals surface area contributed by atoms with Crippen LogP contribution in [0.5, 0.6) is 0 Å². The molecule has 0 bridgehead atoms. The number of methoxy groups -OCH3 is 1. The maximum Gasteiger partial charge on any atom is 0.376 e. The number of anilines is 2. The summed E-state index contributed by atoms with van der Waals surface area (Å²) in [6.07, 6.45) is -4.69. The highest BCUT2D eigenvalue weighted by molar-refractivity contribution is 5.85. The monoisotopic (exact) mass is 476 g/mol. The largest absolute Gasteiger partial charge is 0.463 e. The van der Waals surface area contributed by atoms with Crippen molar-refractivity contribution in [3.63, 3.8) is 0 Å². The van der Waals surface area contributed by atoms with Crippen molar-refractivity contribution in [3.8, 4) is 0 Å². The van der Waals surface area contributed by atoms with Crippen LogP contribution in [-0.2, 0) is 38.1 Å². The third-order valence-corrected chi connectivity index (χ3v) is 4.61. The van der Waals surface area contributed by atoms with Crippen molar-refractivity contribution in [1.82, 2.24) is 14.8 Å². The standard InChI is InChI=1S/C21H24N4O9/c1-11(26)31-10-15-16(32-12(2)27)17(33-13(3)28)19(34-15)25-18(20(29)30-4)23-21(24-25)22-14-8-6-5-7-9-14/h5-9,15-17,19H,10H2,1-4H3,(H,22,24)/t15-,16-,17-,19-/m1/s1. The first-order chi connectivity index (χ1) is 16.2. The molecule has 182 valence electrons. The number of esters is 4. The van der Waals surface area contributed by atoms with Gasteiger partial charge in [0.2, 0.25) is 11.8 Å². The molecular formula is C21H24N4O9. The zero-order valence-electron chi connectivity index (χ0n) is 18.9. The predicted octanol–water partition coefficient (Wildman–Crippen LogP) is 1.13. The molecule has 0 spiro atoms. The van der Waals surface area contributed by atoms with E-state index in [0.29, 0.717) is 5.69 Å². The second-order valence-electron chi connectivity index (χ2n) is 7.20. The van der Waals surface area contributed by atoms with E-state index in [4.69, 9.17) is 23.7 Å². The molecular weight excluding hydrogens is 452 g/mol. The molecule has 1 N–H and O–H groups in total. The van der Waals surface area contributed by atoms with Gasteiger partial charge in [0.1, 0.15) is 12.7 Å². The fourth-order valence-electron chi connectivity index (χ4n) is 3.32. The molecule has 2 aromatic rings. The molecule has 1 aromatic carbocycles. The highest BCUT2D eigenvalue weighted by atomic mass is 16.7. The lowest BCUT2D eigenvalue weighted by Crippen LogP contribution is -2.41. The van der Waals surface area contributed by atoms with E-state index in [9.17, 15) is 19.2 Å².